The molecule has 0 aliphatic carbocycles. The standard InChI is InChI=1S/C10H10BrN3O/c1-14(6-10(13)15)9-4-2-3-8(11)7(9)5-12/h2-4H,6H2,1H3,(H2,13,15). The summed E-state index contributed by atoms with van der Waals surface area (Å²) in [6.07, 6.45) is 0. The van der Waals surface area contributed by atoms with Gasteiger partial charge in [-0.25, -0.2) is 0 Å². The molecule has 15 heavy (non-hydrogen) atoms. The number of carbonyl (C=O) groups excluding carboxylic acids is 1. The first-order valence-electron chi connectivity index (χ1n) is 4.24. The van der Waals surface area contributed by atoms with Crippen molar-refractivity contribution in [2.75, 3.05) is 18.5 Å². The molecular formula is C10H10BrN3O. The number of hydrogen-bond donors (Lipinski definition) is 1. The first-order chi connectivity index (χ1) is 7.06. The first-order valence-corrected chi connectivity index (χ1v) is 5.03. The SMILES string of the molecule is CN(CC(N)=O)c1cccc(Br)c1C#N. The van der Waals surface area contributed by atoms with Crippen molar-refractivity contribution in [1.29, 1.82) is 5.26 Å². The number of nitriles is 1. The molecular weight excluding hydrogens is 258 g/mol. The van der Waals surface area contributed by atoms with Gasteiger partial charge in [0.1, 0.15) is 6.07 Å². The van der Waals surface area contributed by atoms with Gasteiger partial charge in [-0.2, -0.15) is 5.26 Å². The molecule has 0 spiro atoms. The zero-order valence-corrected chi connectivity index (χ0v) is 9.78. The summed E-state index contributed by atoms with van der Waals surface area (Å²) < 4.78 is 0.707. The van der Waals surface area contributed by atoms with Gasteiger partial charge in [0.05, 0.1) is 17.8 Å². The monoisotopic (exact) mass is 267 g/mol. The maximum Gasteiger partial charge on any atom is 0.236 e. The number of anilines is 1. The van der Waals surface area contributed by atoms with Crippen LogP contribution >= 0.6 is 15.9 Å². The van der Waals surface area contributed by atoms with Crippen molar-refractivity contribution in [2.45, 2.75) is 0 Å². The van der Waals surface area contributed by atoms with Gasteiger partial charge in [0, 0.05) is 11.5 Å². The molecule has 0 saturated carbocycles. The number of nitrogens with two attached hydrogens (primary N) is 1. The average molecular weight is 268 g/mol. The molecule has 0 saturated heterocycles. The molecule has 0 atom stereocenters. The van der Waals surface area contributed by atoms with Crippen molar-refractivity contribution < 1.29 is 4.79 Å². The fourth-order valence-electron chi connectivity index (χ4n) is 1.26. The summed E-state index contributed by atoms with van der Waals surface area (Å²) in [4.78, 5) is 12.4. The Balaban J connectivity index is 3.09. The number of rotatable bonds is 3. The Morgan fingerprint density at radius 3 is 2.87 bits per heavy atom. The number of benzene rings is 1. The summed E-state index contributed by atoms with van der Waals surface area (Å²) in [5.41, 5.74) is 6.27. The van der Waals surface area contributed by atoms with Crippen LogP contribution in [0.25, 0.3) is 0 Å². The second-order valence-electron chi connectivity index (χ2n) is 3.07. The minimum absolute atomic E-state index is 0.0884. The van der Waals surface area contributed by atoms with Crippen LogP contribution in [0, 0.1) is 11.3 Å². The Bertz CT molecular complexity index is 425. The smallest absolute Gasteiger partial charge is 0.236 e. The zero-order chi connectivity index (χ0) is 11.4. The van der Waals surface area contributed by atoms with Crippen LogP contribution in [-0.2, 0) is 4.79 Å². The van der Waals surface area contributed by atoms with E-state index in [1.807, 2.05) is 0 Å². The lowest BCUT2D eigenvalue weighted by molar-refractivity contribution is -0.116. The molecule has 0 unspecified atom stereocenters. The van der Waals surface area contributed by atoms with Crippen molar-refractivity contribution in [3.05, 3.63) is 28.2 Å². The first kappa shape index (κ1) is 11.5. The van der Waals surface area contributed by atoms with Crippen LogP contribution in [-0.4, -0.2) is 19.5 Å². The predicted octanol–water partition coefficient (Wildman–Crippen LogP) is 1.24. The second-order valence-corrected chi connectivity index (χ2v) is 3.92. The highest BCUT2D eigenvalue weighted by Gasteiger charge is 2.11. The third-order valence-electron chi connectivity index (χ3n) is 1.91. The van der Waals surface area contributed by atoms with Crippen molar-refractivity contribution in [3.63, 3.8) is 0 Å². The lowest BCUT2D eigenvalue weighted by Gasteiger charge is -2.18. The molecule has 0 aliphatic rings. The lowest BCUT2D eigenvalue weighted by atomic mass is 10.2. The Kier molecular flexibility index (Phi) is 3.69. The van der Waals surface area contributed by atoms with Gasteiger partial charge >= 0.3 is 0 Å². The number of hydrogen-bond acceptors (Lipinski definition) is 3. The van der Waals surface area contributed by atoms with Crippen molar-refractivity contribution in [1.82, 2.24) is 0 Å². The van der Waals surface area contributed by atoms with E-state index in [4.69, 9.17) is 11.0 Å². The number of primary amides is 1. The summed E-state index contributed by atoms with van der Waals surface area (Å²) >= 11 is 3.28. The molecule has 1 aromatic rings. The van der Waals surface area contributed by atoms with Crippen molar-refractivity contribution >= 4 is 27.5 Å². The van der Waals surface area contributed by atoms with E-state index in [-0.39, 0.29) is 6.54 Å². The van der Waals surface area contributed by atoms with Gasteiger partial charge in [-0.15, -0.1) is 0 Å². The quantitative estimate of drug-likeness (QED) is 0.896. The van der Waals surface area contributed by atoms with Gasteiger partial charge in [0.2, 0.25) is 5.91 Å². The molecule has 0 radical (unpaired) electrons. The Morgan fingerprint density at radius 1 is 1.67 bits per heavy atom. The van der Waals surface area contributed by atoms with Crippen molar-refractivity contribution in [3.8, 4) is 6.07 Å². The van der Waals surface area contributed by atoms with E-state index in [0.717, 1.165) is 0 Å². The van der Waals surface area contributed by atoms with Gasteiger partial charge in [-0.1, -0.05) is 6.07 Å². The van der Waals surface area contributed by atoms with E-state index >= 15 is 0 Å². The molecule has 4 nitrogen and oxygen atoms in total. The van der Waals surface area contributed by atoms with Crippen LogP contribution in [0.5, 0.6) is 0 Å². The van der Waals surface area contributed by atoms with E-state index in [2.05, 4.69) is 22.0 Å². The van der Waals surface area contributed by atoms with Crippen LogP contribution < -0.4 is 10.6 Å². The topological polar surface area (TPSA) is 70.1 Å². The summed E-state index contributed by atoms with van der Waals surface area (Å²) in [6, 6.07) is 7.43. The summed E-state index contributed by atoms with van der Waals surface area (Å²) in [5.74, 6) is -0.429. The van der Waals surface area contributed by atoms with Crippen LogP contribution in [0.4, 0.5) is 5.69 Å². The molecule has 0 bridgehead atoms. The van der Waals surface area contributed by atoms with E-state index in [1.165, 1.54) is 0 Å². The van der Waals surface area contributed by atoms with Crippen molar-refractivity contribution in [2.24, 2.45) is 5.73 Å². The lowest BCUT2D eigenvalue weighted by Crippen LogP contribution is -2.30. The Labute approximate surface area is 96.4 Å². The van der Waals surface area contributed by atoms with Crippen LogP contribution in [0.1, 0.15) is 5.56 Å². The minimum Gasteiger partial charge on any atom is -0.368 e. The molecule has 1 amide bonds. The molecule has 2 N–H and O–H groups in total. The molecule has 1 rings (SSSR count). The van der Waals surface area contributed by atoms with Gasteiger partial charge in [-0.05, 0) is 28.1 Å². The van der Waals surface area contributed by atoms with Gasteiger partial charge in [-0.3, -0.25) is 4.79 Å². The van der Waals surface area contributed by atoms with Crippen LogP contribution in [0.15, 0.2) is 22.7 Å². The third-order valence-corrected chi connectivity index (χ3v) is 2.57. The fraction of sp³-hybridized carbons (Fsp3) is 0.200. The number of likely N-dealkylation sites (N-methyl/N-ethyl adjacent to an activating group) is 1. The molecule has 0 fully saturated rings. The highest BCUT2D eigenvalue weighted by Crippen LogP contribution is 2.25. The molecule has 5 heteroatoms. The Hall–Kier alpha value is -1.54. The van der Waals surface area contributed by atoms with Gasteiger partial charge < -0.3 is 10.6 Å². The van der Waals surface area contributed by atoms with E-state index in [9.17, 15) is 4.79 Å². The van der Waals surface area contributed by atoms with Gasteiger partial charge in [0.15, 0.2) is 0 Å². The highest BCUT2D eigenvalue weighted by atomic mass is 79.9. The third kappa shape index (κ3) is 2.70. The van der Waals surface area contributed by atoms with Crippen LogP contribution in [0.3, 0.4) is 0 Å². The largest absolute Gasteiger partial charge is 0.368 e. The number of carbonyl (C=O) groups is 1. The summed E-state index contributed by atoms with van der Waals surface area (Å²) in [5, 5.41) is 8.96. The average Bonchev–Trinajstić information content (AvgIpc) is 2.16. The maximum atomic E-state index is 10.8. The maximum absolute atomic E-state index is 10.8. The highest BCUT2D eigenvalue weighted by molar-refractivity contribution is 9.10. The van der Waals surface area contributed by atoms with E-state index in [1.54, 1.807) is 30.1 Å². The normalized spacial score (nSPS) is 9.40. The van der Waals surface area contributed by atoms with Gasteiger partial charge in [0.25, 0.3) is 0 Å². The van der Waals surface area contributed by atoms with E-state index in [0.29, 0.717) is 15.7 Å². The fourth-order valence-corrected chi connectivity index (χ4v) is 1.70. The number of halogens is 1. The summed E-state index contributed by atoms with van der Waals surface area (Å²) in [6.45, 7) is 0.0884. The molecule has 0 aliphatic heterocycles. The zero-order valence-electron chi connectivity index (χ0n) is 8.20. The number of amides is 1. The number of nitrogens with zero attached hydrogens (tertiary/aromatic N) is 2. The summed E-state index contributed by atoms with van der Waals surface area (Å²) in [7, 11) is 1.72. The minimum atomic E-state index is -0.429. The predicted molar refractivity (Wildman–Crippen MR) is 61.3 cm³/mol. The molecule has 0 aromatic heterocycles. The van der Waals surface area contributed by atoms with Crippen LogP contribution in [0.2, 0.25) is 0 Å². The Morgan fingerprint density at radius 2 is 2.33 bits per heavy atom. The molecule has 0 heterocycles. The molecule has 1 aromatic carbocycles. The van der Waals surface area contributed by atoms with E-state index < -0.39 is 5.91 Å². The molecule has 78 valence electrons. The second kappa shape index (κ2) is 4.80.